The number of aromatic nitrogens is 5. The van der Waals surface area contributed by atoms with Gasteiger partial charge in [0.05, 0.1) is 13.2 Å². The number of fused-ring (bicyclic) bond motifs is 1. The third kappa shape index (κ3) is 5.51. The van der Waals surface area contributed by atoms with E-state index in [-0.39, 0.29) is 11.6 Å². The van der Waals surface area contributed by atoms with E-state index in [1.165, 1.54) is 11.3 Å². The molecule has 1 atom stereocenters. The Hall–Kier alpha value is -3.82. The Morgan fingerprint density at radius 3 is 2.67 bits per heavy atom. The van der Waals surface area contributed by atoms with E-state index < -0.39 is 6.04 Å². The minimum absolute atomic E-state index is 0.139. The van der Waals surface area contributed by atoms with Crippen LogP contribution in [0.5, 0.6) is 5.75 Å². The van der Waals surface area contributed by atoms with Gasteiger partial charge in [0.15, 0.2) is 5.82 Å². The zero-order chi connectivity index (χ0) is 26.6. The molecule has 3 heterocycles. The molecule has 1 fully saturated rings. The topological polar surface area (TPSA) is 88.9 Å². The van der Waals surface area contributed by atoms with Gasteiger partial charge in [-0.2, -0.15) is 0 Å². The standard InChI is InChI=1S/C30H32N6O2S/c1-38-24-14-15-27-22(17-24)18-26(30(37)31-27)28(29-32-33-34-36(29)23-11-6-3-7-12-23)35(20-25-13-8-16-39-25)19-21-9-4-2-5-10-21/h2,4-5,8-10,13-18,23,28H,3,6-7,11-12,19-20H2,1H3,(H,31,37). The number of methoxy groups -OCH3 is 1. The van der Waals surface area contributed by atoms with Crippen molar-refractivity contribution in [1.82, 2.24) is 30.1 Å². The summed E-state index contributed by atoms with van der Waals surface area (Å²) in [4.78, 5) is 20.4. The Bertz CT molecular complexity index is 1570. The number of rotatable bonds is 9. The van der Waals surface area contributed by atoms with Crippen molar-refractivity contribution in [2.45, 2.75) is 57.3 Å². The lowest BCUT2D eigenvalue weighted by molar-refractivity contribution is 0.188. The number of pyridine rings is 1. The maximum atomic E-state index is 13.8. The number of nitrogens with zero attached hydrogens (tertiary/aromatic N) is 5. The van der Waals surface area contributed by atoms with Gasteiger partial charge in [-0.3, -0.25) is 9.69 Å². The SMILES string of the molecule is COc1ccc2[nH]c(=O)c(C(c3nnnn3C3CCCCC3)N(Cc3ccccc3)Cc3cccs3)cc2c1. The van der Waals surface area contributed by atoms with Crippen molar-refractivity contribution in [3.63, 3.8) is 0 Å². The van der Waals surface area contributed by atoms with E-state index in [1.54, 1.807) is 18.4 Å². The van der Waals surface area contributed by atoms with Crippen LogP contribution in [0.15, 0.2) is 76.9 Å². The first kappa shape index (κ1) is 25.5. The summed E-state index contributed by atoms with van der Waals surface area (Å²) < 4.78 is 7.47. The average molecular weight is 541 g/mol. The highest BCUT2D eigenvalue weighted by Gasteiger charge is 2.33. The summed E-state index contributed by atoms with van der Waals surface area (Å²) in [5.74, 6) is 1.45. The van der Waals surface area contributed by atoms with E-state index in [1.807, 2.05) is 35.0 Å². The summed E-state index contributed by atoms with van der Waals surface area (Å²) in [6, 6.07) is 22.0. The molecule has 1 unspecified atom stereocenters. The number of thiophene rings is 1. The van der Waals surface area contributed by atoms with E-state index in [0.29, 0.717) is 24.5 Å². The van der Waals surface area contributed by atoms with Crippen LogP contribution in [0.2, 0.25) is 0 Å². The molecular formula is C30H32N6O2S. The van der Waals surface area contributed by atoms with E-state index in [4.69, 9.17) is 4.74 Å². The molecule has 2 aromatic carbocycles. The van der Waals surface area contributed by atoms with Crippen molar-refractivity contribution in [3.8, 4) is 5.75 Å². The summed E-state index contributed by atoms with van der Waals surface area (Å²) >= 11 is 1.71. The Morgan fingerprint density at radius 1 is 1.05 bits per heavy atom. The van der Waals surface area contributed by atoms with E-state index in [0.717, 1.165) is 47.9 Å². The number of hydrogen-bond donors (Lipinski definition) is 1. The highest BCUT2D eigenvalue weighted by Crippen LogP contribution is 2.35. The Morgan fingerprint density at radius 2 is 1.90 bits per heavy atom. The fourth-order valence-electron chi connectivity index (χ4n) is 5.66. The average Bonchev–Trinajstić information content (AvgIpc) is 3.67. The first-order valence-electron chi connectivity index (χ1n) is 13.5. The molecule has 8 nitrogen and oxygen atoms in total. The molecule has 1 aliphatic rings. The zero-order valence-electron chi connectivity index (χ0n) is 22.0. The van der Waals surface area contributed by atoms with Crippen LogP contribution < -0.4 is 10.3 Å². The second-order valence-electron chi connectivity index (χ2n) is 10.2. The molecule has 5 aromatic rings. The normalized spacial score (nSPS) is 15.1. The first-order chi connectivity index (χ1) is 19.2. The molecular weight excluding hydrogens is 508 g/mol. The summed E-state index contributed by atoms with van der Waals surface area (Å²) in [6.07, 6.45) is 5.64. The van der Waals surface area contributed by atoms with Crippen LogP contribution in [-0.4, -0.2) is 37.2 Å². The van der Waals surface area contributed by atoms with Crippen LogP contribution in [0.1, 0.15) is 66.0 Å². The third-order valence-corrected chi connectivity index (χ3v) is 8.45. The second kappa shape index (κ2) is 11.5. The summed E-state index contributed by atoms with van der Waals surface area (Å²) in [5.41, 5.74) is 2.41. The van der Waals surface area contributed by atoms with Gasteiger partial charge in [0.1, 0.15) is 11.8 Å². The van der Waals surface area contributed by atoms with Crippen LogP contribution in [0.25, 0.3) is 10.9 Å². The highest BCUT2D eigenvalue weighted by atomic mass is 32.1. The summed E-state index contributed by atoms with van der Waals surface area (Å²) in [7, 11) is 1.65. The summed E-state index contributed by atoms with van der Waals surface area (Å²) in [5, 5.41) is 16.2. The maximum absolute atomic E-state index is 13.8. The van der Waals surface area contributed by atoms with Crippen LogP contribution in [0, 0.1) is 0 Å². The van der Waals surface area contributed by atoms with Crippen molar-refractivity contribution >= 4 is 22.2 Å². The fraction of sp³-hybridized carbons (Fsp3) is 0.333. The van der Waals surface area contributed by atoms with Gasteiger partial charge in [0.2, 0.25) is 0 Å². The largest absolute Gasteiger partial charge is 0.497 e. The fourth-order valence-corrected chi connectivity index (χ4v) is 6.39. The summed E-state index contributed by atoms with van der Waals surface area (Å²) in [6.45, 7) is 1.29. The van der Waals surface area contributed by atoms with Crippen molar-refractivity contribution in [1.29, 1.82) is 0 Å². The minimum Gasteiger partial charge on any atom is -0.497 e. The predicted octanol–water partition coefficient (Wildman–Crippen LogP) is 5.88. The van der Waals surface area contributed by atoms with Crippen molar-refractivity contribution in [2.75, 3.05) is 7.11 Å². The third-order valence-electron chi connectivity index (χ3n) is 7.59. The van der Waals surface area contributed by atoms with Gasteiger partial charge in [-0.05, 0) is 64.5 Å². The number of H-pyrrole nitrogens is 1. The maximum Gasteiger partial charge on any atom is 0.253 e. The van der Waals surface area contributed by atoms with Gasteiger partial charge in [-0.1, -0.05) is 55.7 Å². The molecule has 0 amide bonds. The van der Waals surface area contributed by atoms with Gasteiger partial charge in [0.25, 0.3) is 5.56 Å². The molecule has 39 heavy (non-hydrogen) atoms. The van der Waals surface area contributed by atoms with Gasteiger partial charge < -0.3 is 9.72 Å². The molecule has 1 saturated carbocycles. The number of tetrazole rings is 1. The Balaban J connectivity index is 1.53. The van der Waals surface area contributed by atoms with Gasteiger partial charge in [0, 0.05) is 34.4 Å². The van der Waals surface area contributed by atoms with Gasteiger partial charge >= 0.3 is 0 Å². The van der Waals surface area contributed by atoms with Crippen molar-refractivity contribution in [3.05, 3.63) is 104 Å². The van der Waals surface area contributed by atoms with Crippen LogP contribution in [-0.2, 0) is 13.1 Å². The second-order valence-corrected chi connectivity index (χ2v) is 11.2. The number of ether oxygens (including phenoxy) is 1. The minimum atomic E-state index is -0.455. The molecule has 1 N–H and O–H groups in total. The molecule has 0 bridgehead atoms. The molecule has 3 aromatic heterocycles. The molecule has 9 heteroatoms. The molecule has 0 radical (unpaired) electrons. The molecule has 0 saturated heterocycles. The monoisotopic (exact) mass is 540 g/mol. The lowest BCUT2D eigenvalue weighted by atomic mass is 9.95. The molecule has 1 aliphatic carbocycles. The number of aromatic amines is 1. The molecule has 200 valence electrons. The predicted molar refractivity (Wildman–Crippen MR) is 153 cm³/mol. The van der Waals surface area contributed by atoms with Gasteiger partial charge in [-0.15, -0.1) is 16.4 Å². The lowest BCUT2D eigenvalue weighted by Gasteiger charge is -2.32. The van der Waals surface area contributed by atoms with E-state index >= 15 is 0 Å². The Labute approximate surface area is 231 Å². The van der Waals surface area contributed by atoms with Crippen LogP contribution in [0.3, 0.4) is 0 Å². The Kier molecular flexibility index (Phi) is 7.51. The lowest BCUT2D eigenvalue weighted by Crippen LogP contribution is -2.35. The number of benzene rings is 2. The van der Waals surface area contributed by atoms with Crippen molar-refractivity contribution in [2.24, 2.45) is 0 Å². The molecule has 6 rings (SSSR count). The number of hydrogen-bond acceptors (Lipinski definition) is 7. The zero-order valence-corrected chi connectivity index (χ0v) is 22.8. The highest BCUT2D eigenvalue weighted by molar-refractivity contribution is 7.09. The molecule has 0 spiro atoms. The van der Waals surface area contributed by atoms with Gasteiger partial charge in [-0.25, -0.2) is 4.68 Å². The smallest absolute Gasteiger partial charge is 0.253 e. The molecule has 0 aliphatic heterocycles. The first-order valence-corrected chi connectivity index (χ1v) is 14.4. The van der Waals surface area contributed by atoms with Crippen molar-refractivity contribution < 1.29 is 4.74 Å². The van der Waals surface area contributed by atoms with Crippen LogP contribution >= 0.6 is 11.3 Å². The quantitative estimate of drug-likeness (QED) is 0.251. The van der Waals surface area contributed by atoms with E-state index in [2.05, 4.69) is 67.2 Å². The van der Waals surface area contributed by atoms with Crippen LogP contribution in [0.4, 0.5) is 0 Å². The number of nitrogens with one attached hydrogen (secondary N) is 1. The van der Waals surface area contributed by atoms with E-state index in [9.17, 15) is 4.79 Å².